The van der Waals surface area contributed by atoms with Gasteiger partial charge in [0.1, 0.15) is 0 Å². The molecule has 0 fully saturated rings. The number of rotatable bonds is 0. The molecule has 1 rings (SSSR count). The van der Waals surface area contributed by atoms with Gasteiger partial charge in [-0.2, -0.15) is 0 Å². The van der Waals surface area contributed by atoms with Crippen molar-refractivity contribution in [3.8, 4) is 0 Å². The Morgan fingerprint density at radius 3 is 2.57 bits per heavy atom. The van der Waals surface area contributed by atoms with Crippen LogP contribution in [-0.2, 0) is 7.05 Å². The minimum absolute atomic E-state index is 1.31. The van der Waals surface area contributed by atoms with E-state index in [1.165, 1.54) is 4.37 Å². The SMILES string of the molecule is [Li][c]1cccn1C. The maximum atomic E-state index is 2.08. The molecule has 1 aromatic rings. The molecule has 0 N–H and O–H groups in total. The van der Waals surface area contributed by atoms with Crippen LogP contribution in [0.5, 0.6) is 0 Å². The first-order valence-electron chi connectivity index (χ1n) is 2.38. The zero-order valence-electron chi connectivity index (χ0n) is 4.68. The van der Waals surface area contributed by atoms with Gasteiger partial charge in [-0.3, -0.25) is 0 Å². The molecule has 1 aromatic heterocycles. The first-order valence-corrected chi connectivity index (χ1v) is 2.38. The number of aromatic nitrogens is 1. The van der Waals surface area contributed by atoms with Crippen LogP contribution in [0.25, 0.3) is 0 Å². The maximum absolute atomic E-state index is 2.08. The molecule has 0 radical (unpaired) electrons. The van der Waals surface area contributed by atoms with Crippen LogP contribution in [0.2, 0.25) is 0 Å². The van der Waals surface area contributed by atoms with Gasteiger partial charge in [-0.25, -0.2) is 0 Å². The van der Waals surface area contributed by atoms with E-state index >= 15 is 0 Å². The minimum atomic E-state index is 1.31. The average Bonchev–Trinajstić information content (AvgIpc) is 1.91. The molecule has 0 aliphatic heterocycles. The molecule has 0 aromatic carbocycles. The fourth-order valence-corrected chi connectivity index (χ4v) is 0.547. The van der Waals surface area contributed by atoms with E-state index in [4.69, 9.17) is 0 Å². The number of hydrogen-bond acceptors (Lipinski definition) is 0. The second kappa shape index (κ2) is 1.77. The summed E-state index contributed by atoms with van der Waals surface area (Å²) in [6, 6.07) is 4.12. The molecule has 0 unspecified atom stereocenters. The molecule has 0 amide bonds. The molecular formula is C5H6LiN. The molecule has 7 heavy (non-hydrogen) atoms. The molecule has 32 valence electrons. The Morgan fingerprint density at radius 1 is 1.71 bits per heavy atom. The van der Waals surface area contributed by atoms with Crippen molar-refractivity contribution in [1.29, 1.82) is 0 Å². The fourth-order valence-electron chi connectivity index (χ4n) is 0.547. The van der Waals surface area contributed by atoms with E-state index in [1.54, 1.807) is 0 Å². The number of nitrogens with zero attached hydrogens (tertiary/aromatic N) is 1. The Kier molecular flexibility index (Phi) is 1.27. The molecule has 0 spiro atoms. The van der Waals surface area contributed by atoms with Crippen LogP contribution < -0.4 is 4.37 Å². The Morgan fingerprint density at radius 2 is 2.43 bits per heavy atom. The van der Waals surface area contributed by atoms with Crippen LogP contribution in [0.1, 0.15) is 0 Å². The van der Waals surface area contributed by atoms with Crippen molar-refractivity contribution in [2.45, 2.75) is 0 Å². The van der Waals surface area contributed by atoms with Crippen molar-refractivity contribution in [2.75, 3.05) is 0 Å². The van der Waals surface area contributed by atoms with Crippen molar-refractivity contribution < 1.29 is 0 Å². The Balaban J connectivity index is 3.12. The molecule has 0 aliphatic rings. The molecule has 0 saturated carbocycles. The van der Waals surface area contributed by atoms with Crippen LogP contribution in [-0.4, -0.2) is 22.3 Å². The monoisotopic (exact) mass is 87.1 g/mol. The molecule has 0 atom stereocenters. The van der Waals surface area contributed by atoms with Gasteiger partial charge < -0.3 is 0 Å². The zero-order valence-corrected chi connectivity index (χ0v) is 4.68. The standard InChI is InChI=1S/C5H6N.Li/c1-6-4-2-3-5-6;/h2-4H,1H3;. The summed E-state index contributed by atoms with van der Waals surface area (Å²) in [6.45, 7) is 0. The molecule has 2 heteroatoms. The fraction of sp³-hybridized carbons (Fsp3) is 0.200. The molecule has 1 nitrogen and oxygen atoms in total. The van der Waals surface area contributed by atoms with E-state index in [-0.39, 0.29) is 0 Å². The topological polar surface area (TPSA) is 4.93 Å². The van der Waals surface area contributed by atoms with E-state index in [9.17, 15) is 0 Å². The summed E-state index contributed by atoms with van der Waals surface area (Å²) in [6.07, 6.45) is 2.04. The normalized spacial score (nSPS) is 9.57. The summed E-state index contributed by atoms with van der Waals surface area (Å²) in [5, 5.41) is 0. The number of aryl methyl sites for hydroxylation is 1. The van der Waals surface area contributed by atoms with Crippen molar-refractivity contribution >= 4 is 22.1 Å². The zero-order chi connectivity index (χ0) is 5.28. The molecule has 0 bridgehead atoms. The van der Waals surface area contributed by atoms with E-state index in [1.807, 2.05) is 19.3 Å². The summed E-state index contributed by atoms with van der Waals surface area (Å²) < 4.78 is 3.39. The van der Waals surface area contributed by atoms with Gasteiger partial charge in [0.05, 0.1) is 0 Å². The van der Waals surface area contributed by atoms with Crippen molar-refractivity contribution in [3.63, 3.8) is 0 Å². The summed E-state index contributed by atoms with van der Waals surface area (Å²) in [4.78, 5) is 0. The van der Waals surface area contributed by atoms with E-state index < -0.39 is 0 Å². The van der Waals surface area contributed by atoms with Gasteiger partial charge in [0, 0.05) is 0 Å². The predicted octanol–water partition coefficient (Wildman–Crippen LogP) is -0.181. The van der Waals surface area contributed by atoms with Gasteiger partial charge in [-0.15, -0.1) is 0 Å². The Bertz CT molecular complexity index is 140. The molecule has 0 aliphatic carbocycles. The third-order valence-electron chi connectivity index (χ3n) is 1.20. The second-order valence-corrected chi connectivity index (χ2v) is 1.76. The van der Waals surface area contributed by atoms with Crippen molar-refractivity contribution in [2.24, 2.45) is 7.05 Å². The Labute approximate surface area is 52.5 Å². The average molecular weight is 87.1 g/mol. The van der Waals surface area contributed by atoms with Gasteiger partial charge in [0.25, 0.3) is 0 Å². The van der Waals surface area contributed by atoms with Gasteiger partial charge >= 0.3 is 52.0 Å². The van der Waals surface area contributed by atoms with Crippen LogP contribution >= 0.6 is 0 Å². The second-order valence-electron chi connectivity index (χ2n) is 1.76. The van der Waals surface area contributed by atoms with Crippen LogP contribution in [0.4, 0.5) is 0 Å². The van der Waals surface area contributed by atoms with Gasteiger partial charge in [-0.05, 0) is 0 Å². The van der Waals surface area contributed by atoms with Crippen LogP contribution in [0, 0.1) is 0 Å². The van der Waals surface area contributed by atoms with Crippen LogP contribution in [0.15, 0.2) is 18.3 Å². The molecule has 0 saturated heterocycles. The summed E-state index contributed by atoms with van der Waals surface area (Å²) in [5.74, 6) is 0. The van der Waals surface area contributed by atoms with Crippen molar-refractivity contribution in [3.05, 3.63) is 18.3 Å². The summed E-state index contributed by atoms with van der Waals surface area (Å²) in [7, 11) is 2.04. The van der Waals surface area contributed by atoms with E-state index in [2.05, 4.69) is 28.3 Å². The van der Waals surface area contributed by atoms with Gasteiger partial charge in [-0.1, -0.05) is 0 Å². The summed E-state index contributed by atoms with van der Waals surface area (Å²) >= 11 is 2.08. The third-order valence-corrected chi connectivity index (χ3v) is 1.20. The first-order chi connectivity index (χ1) is 3.30. The predicted molar refractivity (Wildman–Crippen MR) is 30.8 cm³/mol. The quantitative estimate of drug-likeness (QED) is 0.387. The molecule has 1 heterocycles. The third kappa shape index (κ3) is 0.906. The number of hydrogen-bond donors (Lipinski definition) is 0. The first kappa shape index (κ1) is 5.02. The summed E-state index contributed by atoms with van der Waals surface area (Å²) in [5.41, 5.74) is 0. The van der Waals surface area contributed by atoms with Gasteiger partial charge in [0.2, 0.25) is 0 Å². The van der Waals surface area contributed by atoms with Crippen LogP contribution in [0.3, 0.4) is 0 Å². The Hall–Kier alpha value is -0.123. The van der Waals surface area contributed by atoms with Crippen molar-refractivity contribution in [1.82, 2.24) is 4.57 Å². The van der Waals surface area contributed by atoms with Gasteiger partial charge in [0.15, 0.2) is 0 Å². The van der Waals surface area contributed by atoms with E-state index in [0.29, 0.717) is 0 Å². The molecular weight excluding hydrogens is 81.0 g/mol. The van der Waals surface area contributed by atoms with E-state index in [0.717, 1.165) is 0 Å².